The van der Waals surface area contributed by atoms with Crippen molar-refractivity contribution in [2.45, 2.75) is 18.5 Å². The van der Waals surface area contributed by atoms with E-state index in [1.807, 2.05) is 0 Å². The molecule has 1 aromatic carbocycles. The van der Waals surface area contributed by atoms with Gasteiger partial charge in [-0.05, 0) is 12.1 Å². The largest absolute Gasteiger partial charge is 0.481 e. The topological polar surface area (TPSA) is 144 Å². The lowest BCUT2D eigenvalue weighted by Crippen LogP contribution is -2.55. The molecule has 0 fully saturated rings. The lowest BCUT2D eigenvalue weighted by molar-refractivity contribution is -0.150. The van der Waals surface area contributed by atoms with E-state index in [9.17, 15) is 24.0 Å². The number of benzene rings is 1. The molecule has 0 saturated heterocycles. The maximum Gasteiger partial charge on any atom is 0.336 e. The average Bonchev–Trinajstić information content (AvgIpc) is 2.79. The van der Waals surface area contributed by atoms with E-state index in [-0.39, 0.29) is 11.1 Å². The van der Waals surface area contributed by atoms with Gasteiger partial charge in [-0.2, -0.15) is 0 Å². The SMILES string of the molecule is COC(=O)[C@H](C(=O)[C@@H](N)CC(=O)O)N1C(=O)c2ccccc2C1=O. The highest BCUT2D eigenvalue weighted by atomic mass is 16.5. The van der Waals surface area contributed by atoms with E-state index in [0.29, 0.717) is 4.90 Å². The summed E-state index contributed by atoms with van der Waals surface area (Å²) in [7, 11) is 0.976. The van der Waals surface area contributed by atoms with Crippen molar-refractivity contribution in [3.05, 3.63) is 35.4 Å². The lowest BCUT2D eigenvalue weighted by atomic mass is 10.0. The second-order valence-electron chi connectivity index (χ2n) is 5.06. The second-order valence-corrected chi connectivity index (χ2v) is 5.06. The molecule has 1 aliphatic heterocycles. The van der Waals surface area contributed by atoms with Gasteiger partial charge in [0.15, 0.2) is 11.8 Å². The molecule has 2 amide bonds. The summed E-state index contributed by atoms with van der Waals surface area (Å²) in [5, 5.41) is 8.73. The van der Waals surface area contributed by atoms with E-state index in [4.69, 9.17) is 10.8 Å². The zero-order valence-electron chi connectivity index (χ0n) is 12.6. The first kappa shape index (κ1) is 17.3. The van der Waals surface area contributed by atoms with Crippen LogP contribution in [0.15, 0.2) is 24.3 Å². The number of nitrogens with zero attached hydrogens (tertiary/aromatic N) is 1. The normalized spacial score (nSPS) is 15.7. The summed E-state index contributed by atoms with van der Waals surface area (Å²) in [4.78, 5) is 60.3. The van der Waals surface area contributed by atoms with Crippen molar-refractivity contribution in [2.75, 3.05) is 7.11 Å². The molecule has 9 nitrogen and oxygen atoms in total. The van der Waals surface area contributed by atoms with Crippen LogP contribution in [0.25, 0.3) is 0 Å². The van der Waals surface area contributed by atoms with Crippen LogP contribution in [0.1, 0.15) is 27.1 Å². The summed E-state index contributed by atoms with van der Waals surface area (Å²) < 4.78 is 4.49. The Morgan fingerprint density at radius 1 is 1.17 bits per heavy atom. The highest BCUT2D eigenvalue weighted by Crippen LogP contribution is 2.25. The number of Topliss-reactive ketones (excluding diaryl/α,β-unsaturated/α-hetero) is 1. The molecule has 24 heavy (non-hydrogen) atoms. The van der Waals surface area contributed by atoms with Gasteiger partial charge in [0, 0.05) is 0 Å². The maximum atomic E-state index is 12.4. The summed E-state index contributed by atoms with van der Waals surface area (Å²) in [6, 6.07) is 2.31. The third-order valence-electron chi connectivity index (χ3n) is 3.54. The predicted octanol–water partition coefficient (Wildman–Crippen LogP) is -0.805. The Balaban J connectivity index is 2.42. The molecule has 0 aliphatic carbocycles. The van der Waals surface area contributed by atoms with Gasteiger partial charge in [0.1, 0.15) is 0 Å². The Kier molecular flexibility index (Phi) is 4.74. The van der Waals surface area contributed by atoms with Crippen LogP contribution in [0.3, 0.4) is 0 Å². The molecular formula is C15H14N2O7. The standard InChI is InChI=1S/C15H14N2O7/c1-24-15(23)11(12(20)9(16)6-10(18)19)17-13(21)7-4-2-3-5-8(7)14(17)22/h2-5,9,11H,6,16H2,1H3,(H,18,19)/t9-,11-/m0/s1. The van der Waals surface area contributed by atoms with E-state index in [0.717, 1.165) is 7.11 Å². The number of hydrogen-bond acceptors (Lipinski definition) is 7. The van der Waals surface area contributed by atoms with Gasteiger partial charge in [0.25, 0.3) is 11.8 Å². The van der Waals surface area contributed by atoms with Crippen LogP contribution in [-0.2, 0) is 19.1 Å². The van der Waals surface area contributed by atoms with Gasteiger partial charge in [-0.15, -0.1) is 0 Å². The first-order valence-electron chi connectivity index (χ1n) is 6.85. The van der Waals surface area contributed by atoms with Crippen molar-refractivity contribution >= 4 is 29.5 Å². The fraction of sp³-hybridized carbons (Fsp3) is 0.267. The monoisotopic (exact) mass is 334 g/mol. The number of ketones is 1. The number of hydrogen-bond donors (Lipinski definition) is 2. The third kappa shape index (κ3) is 2.88. The fourth-order valence-electron chi connectivity index (χ4n) is 2.39. The quantitative estimate of drug-likeness (QED) is 0.390. The molecular weight excluding hydrogens is 320 g/mol. The average molecular weight is 334 g/mol. The molecule has 1 aliphatic rings. The number of rotatable bonds is 6. The summed E-state index contributed by atoms with van der Waals surface area (Å²) in [5.41, 5.74) is 5.56. The Labute approximate surface area is 136 Å². The van der Waals surface area contributed by atoms with Crippen molar-refractivity contribution in [1.29, 1.82) is 0 Å². The van der Waals surface area contributed by atoms with Gasteiger partial charge in [0.05, 0.1) is 30.7 Å². The molecule has 3 N–H and O–H groups in total. The van der Waals surface area contributed by atoms with Gasteiger partial charge in [-0.3, -0.25) is 24.1 Å². The molecule has 2 atom stereocenters. The molecule has 1 heterocycles. The molecule has 0 unspecified atom stereocenters. The first-order chi connectivity index (χ1) is 11.3. The zero-order chi connectivity index (χ0) is 18.0. The van der Waals surface area contributed by atoms with Gasteiger partial charge < -0.3 is 15.6 Å². The molecule has 2 rings (SSSR count). The minimum atomic E-state index is -1.93. The number of nitrogens with two attached hydrogens (primary N) is 1. The summed E-state index contributed by atoms with van der Waals surface area (Å²) >= 11 is 0. The number of methoxy groups -OCH3 is 1. The number of carbonyl (C=O) groups excluding carboxylic acids is 4. The van der Waals surface area contributed by atoms with Crippen LogP contribution in [0.5, 0.6) is 0 Å². The number of carbonyl (C=O) groups is 5. The van der Waals surface area contributed by atoms with Crippen LogP contribution >= 0.6 is 0 Å². The van der Waals surface area contributed by atoms with Crippen LogP contribution < -0.4 is 5.73 Å². The first-order valence-corrected chi connectivity index (χ1v) is 6.85. The molecule has 0 bridgehead atoms. The third-order valence-corrected chi connectivity index (χ3v) is 3.54. The van der Waals surface area contributed by atoms with Gasteiger partial charge in [-0.1, -0.05) is 12.1 Å². The Hall–Kier alpha value is -3.07. The van der Waals surface area contributed by atoms with Crippen LogP contribution in [0.2, 0.25) is 0 Å². The number of esters is 1. The smallest absolute Gasteiger partial charge is 0.336 e. The highest BCUT2D eigenvalue weighted by Gasteiger charge is 2.47. The van der Waals surface area contributed by atoms with Gasteiger partial charge in [0.2, 0.25) is 0 Å². The van der Waals surface area contributed by atoms with Gasteiger partial charge in [-0.25, -0.2) is 4.79 Å². The predicted molar refractivity (Wildman–Crippen MR) is 78.0 cm³/mol. The Bertz CT molecular complexity index is 708. The second kappa shape index (κ2) is 6.59. The minimum absolute atomic E-state index is 0.0380. The van der Waals surface area contributed by atoms with Crippen LogP contribution in [0, 0.1) is 0 Å². The maximum absolute atomic E-state index is 12.4. The number of carboxylic acid groups (broad SMARTS) is 1. The molecule has 9 heteroatoms. The number of ether oxygens (including phenoxy) is 1. The minimum Gasteiger partial charge on any atom is -0.481 e. The number of amides is 2. The molecule has 0 radical (unpaired) electrons. The fourth-order valence-corrected chi connectivity index (χ4v) is 2.39. The van der Waals surface area contributed by atoms with E-state index >= 15 is 0 Å². The van der Waals surface area contributed by atoms with Crippen molar-refractivity contribution in [3.8, 4) is 0 Å². The van der Waals surface area contributed by atoms with Gasteiger partial charge >= 0.3 is 11.9 Å². The van der Waals surface area contributed by atoms with E-state index in [1.54, 1.807) is 0 Å². The van der Waals surface area contributed by atoms with E-state index in [1.165, 1.54) is 24.3 Å². The van der Waals surface area contributed by atoms with Crippen LogP contribution in [-0.4, -0.2) is 58.7 Å². The zero-order valence-corrected chi connectivity index (χ0v) is 12.6. The van der Waals surface area contributed by atoms with Crippen LogP contribution in [0.4, 0.5) is 0 Å². The number of imide groups is 1. The molecule has 0 saturated carbocycles. The van der Waals surface area contributed by atoms with Crippen molar-refractivity contribution in [1.82, 2.24) is 4.90 Å². The molecule has 126 valence electrons. The molecule has 1 aromatic rings. The Morgan fingerprint density at radius 3 is 2.08 bits per heavy atom. The number of aliphatic carboxylic acids is 1. The summed E-state index contributed by atoms with van der Waals surface area (Å²) in [6.07, 6.45) is -0.754. The summed E-state index contributed by atoms with van der Waals surface area (Å²) in [6.45, 7) is 0. The number of carboxylic acids is 1. The van der Waals surface area contributed by atoms with E-state index in [2.05, 4.69) is 4.74 Å². The van der Waals surface area contributed by atoms with Crippen molar-refractivity contribution in [3.63, 3.8) is 0 Å². The Morgan fingerprint density at radius 2 is 1.67 bits per heavy atom. The van der Waals surface area contributed by atoms with E-state index < -0.39 is 48.0 Å². The number of fused-ring (bicyclic) bond motifs is 1. The molecule has 0 aromatic heterocycles. The highest BCUT2D eigenvalue weighted by molar-refractivity contribution is 6.25. The lowest BCUT2D eigenvalue weighted by Gasteiger charge is -2.24. The molecule has 0 spiro atoms. The van der Waals surface area contributed by atoms with Crippen molar-refractivity contribution in [2.24, 2.45) is 5.73 Å². The van der Waals surface area contributed by atoms with Crippen molar-refractivity contribution < 1.29 is 33.8 Å². The summed E-state index contributed by atoms with van der Waals surface area (Å²) in [5.74, 6) is -5.31.